The highest BCUT2D eigenvalue weighted by Crippen LogP contribution is 2.17. The number of nitrogens with zero attached hydrogens (tertiary/aromatic N) is 5. The molecule has 0 atom stereocenters. The fraction of sp³-hybridized carbons (Fsp3) is 0.533. The van der Waals surface area contributed by atoms with Crippen LogP contribution in [0.4, 0.5) is 0 Å². The van der Waals surface area contributed by atoms with Crippen molar-refractivity contribution in [3.63, 3.8) is 0 Å². The van der Waals surface area contributed by atoms with Crippen LogP contribution in [0.2, 0.25) is 0 Å². The van der Waals surface area contributed by atoms with Gasteiger partial charge in [0.2, 0.25) is 0 Å². The summed E-state index contributed by atoms with van der Waals surface area (Å²) in [5.41, 5.74) is 2.12. The van der Waals surface area contributed by atoms with Crippen LogP contribution in [-0.4, -0.2) is 67.7 Å². The van der Waals surface area contributed by atoms with Crippen molar-refractivity contribution >= 4 is 11.6 Å². The number of aliphatic hydroxyl groups is 1. The minimum atomic E-state index is -0.403. The number of hydrogen-bond acceptors (Lipinski definition) is 5. The third-order valence-electron chi connectivity index (χ3n) is 4.09. The van der Waals surface area contributed by atoms with Crippen LogP contribution < -0.4 is 0 Å². The molecule has 0 unspecified atom stereocenters. The van der Waals surface area contributed by atoms with Gasteiger partial charge in [-0.1, -0.05) is 13.8 Å². The van der Waals surface area contributed by atoms with Crippen molar-refractivity contribution < 1.29 is 9.90 Å². The van der Waals surface area contributed by atoms with Gasteiger partial charge in [-0.05, 0) is 13.1 Å². The monoisotopic (exact) mass is 303 g/mol. The minimum Gasteiger partial charge on any atom is -0.389 e. The summed E-state index contributed by atoms with van der Waals surface area (Å²) in [6, 6.07) is 0. The first-order valence-electron chi connectivity index (χ1n) is 7.64. The predicted octanol–water partition coefficient (Wildman–Crippen LogP) is 0.388. The third-order valence-corrected chi connectivity index (χ3v) is 4.09. The molecule has 0 aromatic carbocycles. The summed E-state index contributed by atoms with van der Waals surface area (Å²) in [4.78, 5) is 20.6. The lowest BCUT2D eigenvalue weighted by Gasteiger charge is -2.35. The molecule has 3 rings (SSSR count). The van der Waals surface area contributed by atoms with E-state index in [9.17, 15) is 9.90 Å². The second-order valence-corrected chi connectivity index (χ2v) is 5.61. The van der Waals surface area contributed by atoms with E-state index in [0.29, 0.717) is 24.3 Å². The number of carbonyl (C=O) groups excluding carboxylic acids is 1. The van der Waals surface area contributed by atoms with Crippen molar-refractivity contribution in [3.8, 4) is 0 Å². The van der Waals surface area contributed by atoms with Gasteiger partial charge in [0, 0.05) is 37.6 Å². The molecule has 1 amide bonds. The van der Waals surface area contributed by atoms with Gasteiger partial charge in [0.15, 0.2) is 5.65 Å². The molecule has 2 aromatic rings. The standard InChI is InChI=1S/C15H21N5O2/c1-3-18(4-2)7-11-5-16-14-13(6-17-20(14)8-11)15(22)19-9-12(21)10-19/h5-6,8,12,21H,3-4,7,9-10H2,1-2H3. The zero-order chi connectivity index (χ0) is 15.7. The lowest BCUT2D eigenvalue weighted by atomic mass is 10.1. The van der Waals surface area contributed by atoms with E-state index in [0.717, 1.165) is 25.2 Å². The number of aromatic nitrogens is 3. The lowest BCUT2D eigenvalue weighted by Crippen LogP contribution is -2.53. The van der Waals surface area contributed by atoms with Gasteiger partial charge >= 0.3 is 0 Å². The number of amides is 1. The molecule has 1 saturated heterocycles. The molecule has 1 aliphatic heterocycles. The highest BCUT2D eigenvalue weighted by Gasteiger charge is 2.31. The first kappa shape index (κ1) is 14.9. The van der Waals surface area contributed by atoms with Crippen LogP contribution in [0.25, 0.3) is 5.65 Å². The van der Waals surface area contributed by atoms with Crippen molar-refractivity contribution in [2.24, 2.45) is 0 Å². The number of aliphatic hydroxyl groups excluding tert-OH is 1. The average Bonchev–Trinajstić information content (AvgIpc) is 2.92. The first-order valence-corrected chi connectivity index (χ1v) is 7.64. The van der Waals surface area contributed by atoms with E-state index < -0.39 is 6.10 Å². The van der Waals surface area contributed by atoms with E-state index in [1.807, 2.05) is 6.20 Å². The van der Waals surface area contributed by atoms with E-state index in [1.165, 1.54) is 0 Å². The summed E-state index contributed by atoms with van der Waals surface area (Å²) in [5, 5.41) is 13.6. The summed E-state index contributed by atoms with van der Waals surface area (Å²) in [7, 11) is 0. The Hall–Kier alpha value is -1.99. The molecule has 7 nitrogen and oxygen atoms in total. The zero-order valence-electron chi connectivity index (χ0n) is 12.9. The van der Waals surface area contributed by atoms with Crippen molar-refractivity contribution in [3.05, 3.63) is 29.7 Å². The molecule has 0 radical (unpaired) electrons. The number of β-amino-alcohol motifs (C(OH)–C–C–N with tert-alkyl or cyclic N) is 1. The Bertz CT molecular complexity index is 674. The van der Waals surface area contributed by atoms with Crippen LogP contribution in [0.5, 0.6) is 0 Å². The van der Waals surface area contributed by atoms with Crippen LogP contribution in [0.1, 0.15) is 29.8 Å². The number of rotatable bonds is 5. The van der Waals surface area contributed by atoms with Gasteiger partial charge in [-0.25, -0.2) is 9.50 Å². The largest absolute Gasteiger partial charge is 0.389 e. The molecule has 7 heteroatoms. The maximum absolute atomic E-state index is 12.3. The summed E-state index contributed by atoms with van der Waals surface area (Å²) in [6.45, 7) is 7.80. The molecular formula is C15H21N5O2. The van der Waals surface area contributed by atoms with E-state index in [4.69, 9.17) is 0 Å². The fourth-order valence-electron chi connectivity index (χ4n) is 2.64. The van der Waals surface area contributed by atoms with E-state index in [2.05, 4.69) is 28.8 Å². The van der Waals surface area contributed by atoms with Crippen molar-refractivity contribution in [1.29, 1.82) is 0 Å². The predicted molar refractivity (Wildman–Crippen MR) is 81.5 cm³/mol. The van der Waals surface area contributed by atoms with E-state index in [-0.39, 0.29) is 5.91 Å². The molecule has 1 aliphatic rings. The average molecular weight is 303 g/mol. The topological polar surface area (TPSA) is 74.0 Å². The molecule has 0 saturated carbocycles. The maximum atomic E-state index is 12.3. The van der Waals surface area contributed by atoms with Crippen molar-refractivity contribution in [1.82, 2.24) is 24.4 Å². The van der Waals surface area contributed by atoms with Gasteiger partial charge < -0.3 is 10.0 Å². The van der Waals surface area contributed by atoms with E-state index in [1.54, 1.807) is 21.8 Å². The normalized spacial score (nSPS) is 15.5. The number of fused-ring (bicyclic) bond motifs is 1. The molecular weight excluding hydrogens is 282 g/mol. The van der Waals surface area contributed by atoms with Gasteiger partial charge in [-0.15, -0.1) is 0 Å². The number of hydrogen-bond donors (Lipinski definition) is 1. The van der Waals surface area contributed by atoms with Crippen molar-refractivity contribution in [2.45, 2.75) is 26.5 Å². The van der Waals surface area contributed by atoms with Crippen LogP contribution >= 0.6 is 0 Å². The summed E-state index contributed by atoms with van der Waals surface area (Å²) in [6.07, 6.45) is 4.87. The molecule has 0 aliphatic carbocycles. The van der Waals surface area contributed by atoms with Gasteiger partial charge in [0.05, 0.1) is 12.3 Å². The van der Waals surface area contributed by atoms with Gasteiger partial charge in [0.25, 0.3) is 5.91 Å². The fourth-order valence-corrected chi connectivity index (χ4v) is 2.64. The molecule has 2 aromatic heterocycles. The highest BCUT2D eigenvalue weighted by molar-refractivity contribution is 6.00. The Kier molecular flexibility index (Phi) is 4.08. The Morgan fingerprint density at radius 2 is 2.09 bits per heavy atom. The third kappa shape index (κ3) is 2.69. The Morgan fingerprint density at radius 1 is 1.36 bits per heavy atom. The molecule has 118 valence electrons. The summed E-state index contributed by atoms with van der Waals surface area (Å²) in [5.74, 6) is -0.121. The molecule has 1 fully saturated rings. The zero-order valence-corrected chi connectivity index (χ0v) is 12.9. The van der Waals surface area contributed by atoms with Crippen LogP contribution in [0, 0.1) is 0 Å². The highest BCUT2D eigenvalue weighted by atomic mass is 16.3. The van der Waals surface area contributed by atoms with Gasteiger partial charge in [-0.2, -0.15) is 5.10 Å². The summed E-state index contributed by atoms with van der Waals surface area (Å²) < 4.78 is 1.66. The van der Waals surface area contributed by atoms with Crippen LogP contribution in [-0.2, 0) is 6.54 Å². The first-order chi connectivity index (χ1) is 10.6. The Labute approximate surface area is 129 Å². The summed E-state index contributed by atoms with van der Waals surface area (Å²) >= 11 is 0. The van der Waals surface area contributed by atoms with Gasteiger partial charge in [0.1, 0.15) is 5.56 Å². The molecule has 0 bridgehead atoms. The van der Waals surface area contributed by atoms with E-state index >= 15 is 0 Å². The maximum Gasteiger partial charge on any atom is 0.259 e. The number of likely N-dealkylation sites (tertiary alicyclic amines) is 1. The molecule has 3 heterocycles. The Balaban J connectivity index is 1.82. The molecule has 22 heavy (non-hydrogen) atoms. The second kappa shape index (κ2) is 6.02. The minimum absolute atomic E-state index is 0.121. The second-order valence-electron chi connectivity index (χ2n) is 5.61. The Morgan fingerprint density at radius 3 is 2.73 bits per heavy atom. The molecule has 0 spiro atoms. The number of carbonyl (C=O) groups is 1. The van der Waals surface area contributed by atoms with Crippen molar-refractivity contribution in [2.75, 3.05) is 26.2 Å². The van der Waals surface area contributed by atoms with Gasteiger partial charge in [-0.3, -0.25) is 9.69 Å². The smallest absolute Gasteiger partial charge is 0.259 e. The quantitative estimate of drug-likeness (QED) is 0.865. The van der Waals surface area contributed by atoms with Crippen LogP contribution in [0.3, 0.4) is 0 Å². The van der Waals surface area contributed by atoms with Crippen LogP contribution in [0.15, 0.2) is 18.6 Å². The lowest BCUT2D eigenvalue weighted by molar-refractivity contribution is 0.00601. The molecule has 1 N–H and O–H groups in total. The SMILES string of the molecule is CCN(CC)Cc1cnc2c(C(=O)N3CC(O)C3)cnn2c1.